The molecule has 2 rings (SSSR count). The Morgan fingerprint density at radius 2 is 1.85 bits per heavy atom. The zero-order valence-electron chi connectivity index (χ0n) is 19.6. The molecule has 0 aliphatic rings. The summed E-state index contributed by atoms with van der Waals surface area (Å²) in [6.07, 6.45) is 1.28. The number of ether oxygens (including phenoxy) is 1. The number of amides is 2. The van der Waals surface area contributed by atoms with Crippen molar-refractivity contribution >= 4 is 35.2 Å². The predicted molar refractivity (Wildman–Crippen MR) is 133 cm³/mol. The standard InChI is InChI=1S/C25H32ClFN2O3S/c1-5-17(3)28-25(31)23(6-2)29(14-18-10-12-19(32-4)13-11-18)24(30)16-33-15-20-21(26)8-7-9-22(20)27/h7-13,17,23H,5-6,14-16H2,1-4H3,(H,28,31)/t17-,23+/m0/s1. The van der Waals surface area contributed by atoms with Crippen molar-refractivity contribution in [3.05, 3.63) is 64.4 Å². The summed E-state index contributed by atoms with van der Waals surface area (Å²) in [7, 11) is 1.59. The number of thioether (sulfide) groups is 1. The minimum Gasteiger partial charge on any atom is -0.497 e. The smallest absolute Gasteiger partial charge is 0.243 e. The van der Waals surface area contributed by atoms with Crippen molar-refractivity contribution in [3.8, 4) is 5.75 Å². The fourth-order valence-electron chi connectivity index (χ4n) is 3.28. The molecule has 5 nitrogen and oxygen atoms in total. The van der Waals surface area contributed by atoms with E-state index in [0.717, 1.165) is 17.7 Å². The Labute approximate surface area is 205 Å². The Morgan fingerprint density at radius 1 is 1.15 bits per heavy atom. The van der Waals surface area contributed by atoms with E-state index in [1.54, 1.807) is 24.1 Å². The highest BCUT2D eigenvalue weighted by atomic mass is 35.5. The van der Waals surface area contributed by atoms with Crippen molar-refractivity contribution in [2.45, 2.75) is 58.0 Å². The van der Waals surface area contributed by atoms with E-state index < -0.39 is 11.9 Å². The molecule has 8 heteroatoms. The molecule has 0 saturated carbocycles. The summed E-state index contributed by atoms with van der Waals surface area (Å²) in [4.78, 5) is 27.8. The van der Waals surface area contributed by atoms with Gasteiger partial charge in [0.2, 0.25) is 11.8 Å². The lowest BCUT2D eigenvalue weighted by molar-refractivity contribution is -0.139. The number of nitrogens with one attached hydrogen (secondary N) is 1. The van der Waals surface area contributed by atoms with Crippen molar-refractivity contribution in [2.24, 2.45) is 0 Å². The molecule has 2 aromatic carbocycles. The number of methoxy groups -OCH3 is 1. The Kier molecular flexibility index (Phi) is 11.0. The topological polar surface area (TPSA) is 58.6 Å². The quantitative estimate of drug-likeness (QED) is 0.426. The number of halogens is 2. The van der Waals surface area contributed by atoms with Gasteiger partial charge < -0.3 is 15.0 Å². The second kappa shape index (κ2) is 13.5. The second-order valence-corrected chi connectivity index (χ2v) is 9.20. The molecular formula is C25H32ClFN2O3S. The van der Waals surface area contributed by atoms with Crippen molar-refractivity contribution < 1.29 is 18.7 Å². The first kappa shape index (κ1) is 27.0. The summed E-state index contributed by atoms with van der Waals surface area (Å²) in [6, 6.07) is 11.4. The van der Waals surface area contributed by atoms with Gasteiger partial charge in [0.05, 0.1) is 12.9 Å². The van der Waals surface area contributed by atoms with E-state index in [0.29, 0.717) is 17.0 Å². The Hall–Kier alpha value is -2.25. The second-order valence-electron chi connectivity index (χ2n) is 7.80. The molecule has 0 aliphatic heterocycles. The normalized spacial score (nSPS) is 12.7. The highest BCUT2D eigenvalue weighted by Gasteiger charge is 2.29. The average molecular weight is 495 g/mol. The van der Waals surface area contributed by atoms with Gasteiger partial charge in [0.25, 0.3) is 0 Å². The maximum absolute atomic E-state index is 14.1. The van der Waals surface area contributed by atoms with Crippen LogP contribution in [0.2, 0.25) is 5.02 Å². The number of hydrogen-bond acceptors (Lipinski definition) is 4. The number of rotatable bonds is 12. The maximum Gasteiger partial charge on any atom is 0.243 e. The molecule has 2 aromatic rings. The van der Waals surface area contributed by atoms with E-state index in [9.17, 15) is 14.0 Å². The fraction of sp³-hybridized carbons (Fsp3) is 0.440. The Balaban J connectivity index is 2.18. The van der Waals surface area contributed by atoms with Crippen molar-refractivity contribution in [1.29, 1.82) is 0 Å². The lowest BCUT2D eigenvalue weighted by Gasteiger charge is -2.31. The molecule has 0 aromatic heterocycles. The van der Waals surface area contributed by atoms with Crippen LogP contribution in [0.4, 0.5) is 4.39 Å². The van der Waals surface area contributed by atoms with Crippen LogP contribution in [0.15, 0.2) is 42.5 Å². The molecule has 1 N–H and O–H groups in total. The minimum absolute atomic E-state index is 0.0158. The zero-order valence-corrected chi connectivity index (χ0v) is 21.1. The van der Waals surface area contributed by atoms with Gasteiger partial charge >= 0.3 is 0 Å². The number of hydrogen-bond donors (Lipinski definition) is 1. The van der Waals surface area contributed by atoms with Gasteiger partial charge in [-0.25, -0.2) is 4.39 Å². The first-order chi connectivity index (χ1) is 15.8. The van der Waals surface area contributed by atoms with Crippen LogP contribution in [0.1, 0.15) is 44.7 Å². The van der Waals surface area contributed by atoms with E-state index in [1.165, 1.54) is 17.8 Å². The molecule has 0 spiro atoms. The predicted octanol–water partition coefficient (Wildman–Crippen LogP) is 5.44. The van der Waals surface area contributed by atoms with Crippen LogP contribution in [0, 0.1) is 5.82 Å². The van der Waals surface area contributed by atoms with Gasteiger partial charge in [0.15, 0.2) is 0 Å². The third-order valence-corrected chi connectivity index (χ3v) is 6.73. The van der Waals surface area contributed by atoms with E-state index in [2.05, 4.69) is 5.32 Å². The van der Waals surface area contributed by atoms with Gasteiger partial charge in [0.1, 0.15) is 17.6 Å². The molecule has 2 atom stereocenters. The van der Waals surface area contributed by atoms with Gasteiger partial charge in [-0.15, -0.1) is 11.8 Å². The van der Waals surface area contributed by atoms with Gasteiger partial charge in [-0.1, -0.05) is 43.6 Å². The third kappa shape index (κ3) is 7.93. The minimum atomic E-state index is -0.605. The van der Waals surface area contributed by atoms with Crippen LogP contribution in [0.3, 0.4) is 0 Å². The fourth-order valence-corrected chi connectivity index (χ4v) is 4.53. The Morgan fingerprint density at radius 3 is 2.42 bits per heavy atom. The molecule has 0 radical (unpaired) electrons. The lowest BCUT2D eigenvalue weighted by Crippen LogP contribution is -2.51. The van der Waals surface area contributed by atoms with Gasteiger partial charge in [-0.3, -0.25) is 9.59 Å². The van der Waals surface area contributed by atoms with E-state index >= 15 is 0 Å². The monoisotopic (exact) mass is 494 g/mol. The molecule has 0 bridgehead atoms. The highest BCUT2D eigenvalue weighted by molar-refractivity contribution is 7.99. The number of carbonyl (C=O) groups excluding carboxylic acids is 2. The van der Waals surface area contributed by atoms with Gasteiger partial charge in [-0.2, -0.15) is 0 Å². The molecular weight excluding hydrogens is 463 g/mol. The summed E-state index contributed by atoms with van der Waals surface area (Å²) < 4.78 is 19.3. The van der Waals surface area contributed by atoms with Gasteiger partial charge in [0, 0.05) is 28.9 Å². The van der Waals surface area contributed by atoms with Crippen LogP contribution < -0.4 is 10.1 Å². The molecule has 0 heterocycles. The summed E-state index contributed by atoms with van der Waals surface area (Å²) >= 11 is 7.38. The number of carbonyl (C=O) groups is 2. The summed E-state index contributed by atoms with van der Waals surface area (Å²) in [5.41, 5.74) is 1.27. The van der Waals surface area contributed by atoms with Crippen molar-refractivity contribution in [2.75, 3.05) is 12.9 Å². The van der Waals surface area contributed by atoms with Crippen LogP contribution in [-0.2, 0) is 21.9 Å². The van der Waals surface area contributed by atoms with Gasteiger partial charge in [-0.05, 0) is 49.6 Å². The number of benzene rings is 2. The number of nitrogens with zero attached hydrogens (tertiary/aromatic N) is 1. The lowest BCUT2D eigenvalue weighted by atomic mass is 10.1. The molecule has 33 heavy (non-hydrogen) atoms. The highest BCUT2D eigenvalue weighted by Crippen LogP contribution is 2.25. The molecule has 0 saturated heterocycles. The Bertz CT molecular complexity index is 906. The van der Waals surface area contributed by atoms with Crippen LogP contribution >= 0.6 is 23.4 Å². The van der Waals surface area contributed by atoms with Crippen LogP contribution in [0.5, 0.6) is 5.75 Å². The average Bonchev–Trinajstić information content (AvgIpc) is 2.81. The van der Waals surface area contributed by atoms with Crippen molar-refractivity contribution in [1.82, 2.24) is 10.2 Å². The van der Waals surface area contributed by atoms with Crippen LogP contribution in [-0.4, -0.2) is 41.7 Å². The van der Waals surface area contributed by atoms with Crippen molar-refractivity contribution in [3.63, 3.8) is 0 Å². The summed E-state index contributed by atoms with van der Waals surface area (Å²) in [5.74, 6) is 0.343. The largest absolute Gasteiger partial charge is 0.497 e. The first-order valence-electron chi connectivity index (χ1n) is 11.0. The zero-order chi connectivity index (χ0) is 24.4. The van der Waals surface area contributed by atoms with E-state index in [-0.39, 0.29) is 35.9 Å². The van der Waals surface area contributed by atoms with E-state index in [4.69, 9.17) is 16.3 Å². The first-order valence-corrected chi connectivity index (χ1v) is 12.6. The third-order valence-electron chi connectivity index (χ3n) is 5.43. The summed E-state index contributed by atoms with van der Waals surface area (Å²) in [5, 5.41) is 3.33. The maximum atomic E-state index is 14.1. The molecule has 2 amide bonds. The van der Waals surface area contributed by atoms with Crippen LogP contribution in [0.25, 0.3) is 0 Å². The van der Waals surface area contributed by atoms with E-state index in [1.807, 2.05) is 45.0 Å². The molecule has 0 unspecified atom stereocenters. The molecule has 0 fully saturated rings. The molecule has 0 aliphatic carbocycles. The SMILES string of the molecule is CC[C@H](C(=O)N[C@@H](C)CC)N(Cc1ccc(OC)cc1)C(=O)CSCc1c(F)cccc1Cl. The molecule has 180 valence electrons. The summed E-state index contributed by atoms with van der Waals surface area (Å²) in [6.45, 7) is 6.11.